The summed E-state index contributed by atoms with van der Waals surface area (Å²) >= 11 is 0. The first-order chi connectivity index (χ1) is 5.52. The van der Waals surface area contributed by atoms with Gasteiger partial charge in [0.25, 0.3) is 0 Å². The molecule has 0 radical (unpaired) electrons. The van der Waals surface area contributed by atoms with Gasteiger partial charge in [0, 0.05) is 0 Å². The first-order valence-corrected chi connectivity index (χ1v) is 6.47. The molecule has 0 saturated heterocycles. The summed E-state index contributed by atoms with van der Waals surface area (Å²) in [5, 5.41) is 0.295. The van der Waals surface area contributed by atoms with E-state index in [9.17, 15) is 4.80 Å². The maximum Gasteiger partial charge on any atom is 0.163 e. The molecule has 1 fully saturated rings. The van der Waals surface area contributed by atoms with E-state index in [-0.39, 0.29) is 0 Å². The van der Waals surface area contributed by atoms with Gasteiger partial charge in [-0.15, -0.1) is 0 Å². The summed E-state index contributed by atoms with van der Waals surface area (Å²) in [5.41, 5.74) is 0.379. The molecule has 0 heterocycles. The third kappa shape index (κ3) is 1.74. The Kier molecular flexibility index (Phi) is 3.00. The van der Waals surface area contributed by atoms with E-state index in [1.54, 1.807) is 0 Å². The van der Waals surface area contributed by atoms with Crippen LogP contribution < -0.4 is 0 Å². The lowest BCUT2D eigenvalue weighted by Gasteiger charge is -2.41. The van der Waals surface area contributed by atoms with Crippen LogP contribution in [0.4, 0.5) is 0 Å². The fourth-order valence-corrected chi connectivity index (χ4v) is 3.21. The van der Waals surface area contributed by atoms with Crippen molar-refractivity contribution in [3.63, 3.8) is 0 Å². The van der Waals surface area contributed by atoms with Crippen LogP contribution in [0.3, 0.4) is 0 Å². The molecular weight excluding hydrogens is 164 g/mol. The van der Waals surface area contributed by atoms with E-state index in [1.807, 2.05) is 0 Å². The first-order valence-electron chi connectivity index (χ1n) is 5.13. The van der Waals surface area contributed by atoms with E-state index < -0.39 is 9.76 Å². The van der Waals surface area contributed by atoms with Crippen molar-refractivity contribution < 1.29 is 4.80 Å². The van der Waals surface area contributed by atoms with Crippen LogP contribution in [-0.4, -0.2) is 14.6 Å². The molecule has 1 N–H and O–H groups in total. The minimum Gasteiger partial charge on any atom is -0.438 e. The highest BCUT2D eigenvalue weighted by atomic mass is 28.2. The molecule has 1 nitrogen and oxygen atoms in total. The molecule has 0 aromatic rings. The number of rotatable bonds is 1. The standard InChI is InChI=1S/C10H22OSi/c1-9(2)7-5-4-6-8-10(9,3)12-11/h11H,4-8,12H2,1-3H3. The maximum atomic E-state index is 9.55. The van der Waals surface area contributed by atoms with Crippen molar-refractivity contribution in [1.82, 2.24) is 0 Å². The van der Waals surface area contributed by atoms with E-state index in [2.05, 4.69) is 20.8 Å². The van der Waals surface area contributed by atoms with Crippen molar-refractivity contribution in [3.05, 3.63) is 0 Å². The van der Waals surface area contributed by atoms with Crippen molar-refractivity contribution >= 4 is 9.76 Å². The minimum atomic E-state index is -0.855. The Morgan fingerprint density at radius 1 is 1.00 bits per heavy atom. The second kappa shape index (κ2) is 3.50. The van der Waals surface area contributed by atoms with E-state index in [0.29, 0.717) is 10.5 Å². The van der Waals surface area contributed by atoms with Gasteiger partial charge in [0.2, 0.25) is 0 Å². The highest BCUT2D eigenvalue weighted by molar-refractivity contribution is 6.30. The molecule has 2 heteroatoms. The molecule has 0 aliphatic heterocycles. The maximum absolute atomic E-state index is 9.55. The van der Waals surface area contributed by atoms with Crippen LogP contribution in [-0.2, 0) is 0 Å². The van der Waals surface area contributed by atoms with Crippen LogP contribution >= 0.6 is 0 Å². The fourth-order valence-electron chi connectivity index (χ4n) is 2.19. The molecule has 0 bridgehead atoms. The Bertz CT molecular complexity index is 156. The lowest BCUT2D eigenvalue weighted by Crippen LogP contribution is -2.33. The van der Waals surface area contributed by atoms with Crippen LogP contribution in [0.25, 0.3) is 0 Å². The van der Waals surface area contributed by atoms with Gasteiger partial charge in [-0.3, -0.25) is 0 Å². The summed E-state index contributed by atoms with van der Waals surface area (Å²) in [6.45, 7) is 6.97. The van der Waals surface area contributed by atoms with Crippen LogP contribution in [0.5, 0.6) is 0 Å². The summed E-state index contributed by atoms with van der Waals surface area (Å²) in [5.74, 6) is 0. The van der Waals surface area contributed by atoms with Crippen molar-refractivity contribution in [3.8, 4) is 0 Å². The molecule has 1 saturated carbocycles. The molecule has 12 heavy (non-hydrogen) atoms. The highest BCUT2D eigenvalue weighted by Gasteiger charge is 2.41. The zero-order chi connectivity index (χ0) is 9.24. The van der Waals surface area contributed by atoms with Crippen LogP contribution in [0.2, 0.25) is 5.04 Å². The van der Waals surface area contributed by atoms with Crippen molar-refractivity contribution in [2.24, 2.45) is 5.41 Å². The molecule has 0 aromatic carbocycles. The normalized spacial score (nSPS) is 37.0. The van der Waals surface area contributed by atoms with E-state index in [0.717, 1.165) is 0 Å². The number of hydrogen-bond donors (Lipinski definition) is 1. The van der Waals surface area contributed by atoms with E-state index >= 15 is 0 Å². The summed E-state index contributed by atoms with van der Waals surface area (Å²) in [7, 11) is -0.855. The predicted octanol–water partition coefficient (Wildman–Crippen LogP) is 2.23. The quantitative estimate of drug-likeness (QED) is 0.492. The molecule has 0 amide bonds. The SMILES string of the molecule is CC1(C)CCCCCC1(C)[SiH2]O. The fraction of sp³-hybridized carbons (Fsp3) is 1.00. The Morgan fingerprint density at radius 3 is 2.17 bits per heavy atom. The second-order valence-electron chi connectivity index (χ2n) is 5.16. The van der Waals surface area contributed by atoms with Gasteiger partial charge < -0.3 is 4.80 Å². The lowest BCUT2D eigenvalue weighted by molar-refractivity contribution is 0.216. The summed E-state index contributed by atoms with van der Waals surface area (Å²) in [6.07, 6.45) is 6.61. The topological polar surface area (TPSA) is 20.2 Å². The molecule has 1 rings (SSSR count). The van der Waals surface area contributed by atoms with E-state index in [4.69, 9.17) is 0 Å². The first kappa shape index (κ1) is 10.3. The smallest absolute Gasteiger partial charge is 0.163 e. The average molecular weight is 186 g/mol. The predicted molar refractivity (Wildman–Crippen MR) is 56.0 cm³/mol. The van der Waals surface area contributed by atoms with Gasteiger partial charge in [0.1, 0.15) is 0 Å². The highest BCUT2D eigenvalue weighted by Crippen LogP contribution is 2.53. The van der Waals surface area contributed by atoms with Crippen molar-refractivity contribution in [2.45, 2.75) is 57.9 Å². The number of hydrogen-bond acceptors (Lipinski definition) is 1. The lowest BCUT2D eigenvalue weighted by atomic mass is 9.75. The molecule has 0 aromatic heterocycles. The van der Waals surface area contributed by atoms with Crippen LogP contribution in [0.15, 0.2) is 0 Å². The molecular formula is C10H22OSi. The Morgan fingerprint density at radius 2 is 1.58 bits per heavy atom. The summed E-state index contributed by atoms with van der Waals surface area (Å²) in [4.78, 5) is 9.55. The van der Waals surface area contributed by atoms with E-state index in [1.165, 1.54) is 32.1 Å². The van der Waals surface area contributed by atoms with Gasteiger partial charge >= 0.3 is 0 Å². The molecule has 72 valence electrons. The van der Waals surface area contributed by atoms with Gasteiger partial charge in [-0.05, 0) is 23.3 Å². The van der Waals surface area contributed by atoms with Crippen LogP contribution in [0, 0.1) is 5.41 Å². The van der Waals surface area contributed by atoms with Crippen LogP contribution in [0.1, 0.15) is 52.9 Å². The Balaban J connectivity index is 2.78. The van der Waals surface area contributed by atoms with Crippen molar-refractivity contribution in [2.75, 3.05) is 0 Å². The average Bonchev–Trinajstić information content (AvgIpc) is 2.13. The summed E-state index contributed by atoms with van der Waals surface area (Å²) in [6, 6.07) is 0. The zero-order valence-corrected chi connectivity index (χ0v) is 10.1. The molecule has 1 atom stereocenters. The third-order valence-electron chi connectivity index (χ3n) is 4.01. The molecule has 1 aliphatic rings. The monoisotopic (exact) mass is 186 g/mol. The minimum absolute atomic E-state index is 0.295. The van der Waals surface area contributed by atoms with Gasteiger partial charge in [0.15, 0.2) is 9.76 Å². The van der Waals surface area contributed by atoms with Gasteiger partial charge in [0.05, 0.1) is 0 Å². The summed E-state index contributed by atoms with van der Waals surface area (Å²) < 4.78 is 0. The Labute approximate surface area is 78.5 Å². The second-order valence-corrected chi connectivity index (χ2v) is 7.04. The molecule has 0 spiro atoms. The van der Waals surface area contributed by atoms with Gasteiger partial charge in [-0.1, -0.05) is 40.0 Å². The molecule has 1 unspecified atom stereocenters. The Hall–Kier alpha value is 0.177. The largest absolute Gasteiger partial charge is 0.438 e. The molecule has 1 aliphatic carbocycles. The third-order valence-corrected chi connectivity index (χ3v) is 6.02. The zero-order valence-electron chi connectivity index (χ0n) is 8.69. The van der Waals surface area contributed by atoms with Crippen molar-refractivity contribution in [1.29, 1.82) is 0 Å². The van der Waals surface area contributed by atoms with Gasteiger partial charge in [-0.2, -0.15) is 0 Å². The van der Waals surface area contributed by atoms with Gasteiger partial charge in [-0.25, -0.2) is 0 Å².